The van der Waals surface area contributed by atoms with Gasteiger partial charge < -0.3 is 14.8 Å². The summed E-state index contributed by atoms with van der Waals surface area (Å²) < 4.78 is 11.8. The molecule has 0 saturated heterocycles. The highest BCUT2D eigenvalue weighted by Gasteiger charge is 2.36. The van der Waals surface area contributed by atoms with Crippen LogP contribution in [0, 0.1) is 0 Å². The third kappa shape index (κ3) is 6.12. The molecule has 0 aliphatic rings. The zero-order valence-corrected chi connectivity index (χ0v) is 23.2. The average Bonchev–Trinajstić information content (AvgIpc) is 3.37. The molecule has 0 radical (unpaired) electrons. The Morgan fingerprint density at radius 1 is 1.00 bits per heavy atom. The first-order chi connectivity index (χ1) is 19.2. The molecule has 3 aromatic carbocycles. The first-order valence-electron chi connectivity index (χ1n) is 12.9. The van der Waals surface area contributed by atoms with E-state index in [4.69, 9.17) is 9.47 Å². The molecule has 0 bridgehead atoms. The van der Waals surface area contributed by atoms with E-state index in [1.54, 1.807) is 48.5 Å². The van der Waals surface area contributed by atoms with Crippen LogP contribution >= 0.6 is 0 Å². The third-order valence-corrected chi connectivity index (χ3v) is 6.78. The van der Waals surface area contributed by atoms with Gasteiger partial charge in [-0.05, 0) is 68.3 Å². The summed E-state index contributed by atoms with van der Waals surface area (Å²) in [5, 5.41) is 11.4. The Balaban J connectivity index is 1.88. The van der Waals surface area contributed by atoms with E-state index in [0.717, 1.165) is 0 Å². The normalized spacial score (nSPS) is 12.0. The minimum atomic E-state index is -1.10. The molecule has 1 N–H and O–H groups in total. The van der Waals surface area contributed by atoms with E-state index >= 15 is 0 Å². The van der Waals surface area contributed by atoms with Gasteiger partial charge in [-0.1, -0.05) is 42.5 Å². The van der Waals surface area contributed by atoms with Crippen molar-refractivity contribution >= 4 is 34.5 Å². The maximum absolute atomic E-state index is 14.2. The second-order valence-corrected chi connectivity index (χ2v) is 9.95. The second-order valence-electron chi connectivity index (χ2n) is 9.95. The lowest BCUT2D eigenvalue weighted by Crippen LogP contribution is -2.51. The molecule has 1 atom stereocenters. The van der Waals surface area contributed by atoms with Crippen molar-refractivity contribution in [2.24, 2.45) is 0 Å². The first-order valence-corrected chi connectivity index (χ1v) is 12.9. The Labute approximate surface area is 232 Å². The van der Waals surface area contributed by atoms with Gasteiger partial charge in [0.1, 0.15) is 23.9 Å². The standard InChI is InChI=1S/C30H33N5O5/c1-6-30(2,3)31-28(37)27(20-11-10-14-23(18-20)39-4)35(22-13-9-12-21(17-22)29(38)40-5)26(36)19-34-25-16-8-7-15-24(25)32-33-34/h7-18,27H,6,19H2,1-5H3,(H,31,37)/t27-/m0/s1. The van der Waals surface area contributed by atoms with Gasteiger partial charge >= 0.3 is 5.97 Å². The number of ether oxygens (including phenoxy) is 2. The predicted molar refractivity (Wildman–Crippen MR) is 151 cm³/mol. The average molecular weight is 544 g/mol. The summed E-state index contributed by atoms with van der Waals surface area (Å²) in [7, 11) is 2.82. The number of carbonyl (C=O) groups is 3. The number of fused-ring (bicyclic) bond motifs is 1. The Hall–Kier alpha value is -4.73. The summed E-state index contributed by atoms with van der Waals surface area (Å²) >= 11 is 0. The number of hydrogen-bond acceptors (Lipinski definition) is 7. The number of aromatic nitrogens is 3. The van der Waals surface area contributed by atoms with Crippen LogP contribution in [0.4, 0.5) is 5.69 Å². The zero-order chi connectivity index (χ0) is 28.9. The predicted octanol–water partition coefficient (Wildman–Crippen LogP) is 4.31. The fourth-order valence-electron chi connectivity index (χ4n) is 4.30. The van der Waals surface area contributed by atoms with Gasteiger partial charge in [-0.25, -0.2) is 9.48 Å². The fourth-order valence-corrected chi connectivity index (χ4v) is 4.30. The van der Waals surface area contributed by atoms with Gasteiger partial charge in [0, 0.05) is 11.2 Å². The molecule has 0 aliphatic heterocycles. The van der Waals surface area contributed by atoms with E-state index in [1.165, 1.54) is 29.9 Å². The van der Waals surface area contributed by atoms with Crippen molar-refractivity contribution in [2.75, 3.05) is 19.1 Å². The van der Waals surface area contributed by atoms with Crippen LogP contribution in [0.5, 0.6) is 5.75 Å². The molecule has 10 heteroatoms. The molecule has 0 aliphatic carbocycles. The number of carbonyl (C=O) groups excluding carboxylic acids is 3. The lowest BCUT2D eigenvalue weighted by Gasteiger charge is -2.35. The number of amides is 2. The van der Waals surface area contributed by atoms with Gasteiger partial charge in [0.05, 0.1) is 25.3 Å². The van der Waals surface area contributed by atoms with Crippen molar-refractivity contribution < 1.29 is 23.9 Å². The number of nitrogens with one attached hydrogen (secondary N) is 1. The molecule has 4 rings (SSSR count). The second kappa shape index (κ2) is 12.0. The summed E-state index contributed by atoms with van der Waals surface area (Å²) in [4.78, 5) is 42.1. The largest absolute Gasteiger partial charge is 0.497 e. The van der Waals surface area contributed by atoms with E-state index in [0.29, 0.717) is 34.5 Å². The summed E-state index contributed by atoms with van der Waals surface area (Å²) in [5.41, 5.74) is 1.88. The van der Waals surface area contributed by atoms with E-state index in [-0.39, 0.29) is 18.0 Å². The van der Waals surface area contributed by atoms with Crippen LogP contribution in [0.25, 0.3) is 11.0 Å². The van der Waals surface area contributed by atoms with Crippen LogP contribution in [0.3, 0.4) is 0 Å². The molecule has 10 nitrogen and oxygen atoms in total. The summed E-state index contributed by atoms with van der Waals surface area (Å²) in [6, 6.07) is 19.7. The van der Waals surface area contributed by atoms with Crippen molar-refractivity contribution in [1.29, 1.82) is 0 Å². The number of hydrogen-bond donors (Lipinski definition) is 1. The van der Waals surface area contributed by atoms with Crippen LogP contribution in [-0.2, 0) is 20.9 Å². The van der Waals surface area contributed by atoms with Gasteiger partial charge in [-0.3, -0.25) is 14.5 Å². The van der Waals surface area contributed by atoms with Crippen LogP contribution in [0.15, 0.2) is 72.8 Å². The van der Waals surface area contributed by atoms with Crippen molar-refractivity contribution in [3.05, 3.63) is 83.9 Å². The third-order valence-electron chi connectivity index (χ3n) is 6.78. The summed E-state index contributed by atoms with van der Waals surface area (Å²) in [5.74, 6) is -0.857. The van der Waals surface area contributed by atoms with Crippen molar-refractivity contribution in [2.45, 2.75) is 45.3 Å². The number of benzene rings is 3. The topological polar surface area (TPSA) is 116 Å². The highest BCUT2D eigenvalue weighted by atomic mass is 16.5. The summed E-state index contributed by atoms with van der Waals surface area (Å²) in [6.07, 6.45) is 0.667. The van der Waals surface area contributed by atoms with Gasteiger partial charge in [-0.2, -0.15) is 0 Å². The number of esters is 1. The minimum Gasteiger partial charge on any atom is -0.497 e. The van der Waals surface area contributed by atoms with Gasteiger partial charge in [0.2, 0.25) is 11.8 Å². The molecule has 208 valence electrons. The van der Waals surface area contributed by atoms with Crippen molar-refractivity contribution in [3.63, 3.8) is 0 Å². The Morgan fingerprint density at radius 3 is 2.48 bits per heavy atom. The maximum Gasteiger partial charge on any atom is 0.337 e. The molecule has 0 spiro atoms. The quantitative estimate of drug-likeness (QED) is 0.297. The van der Waals surface area contributed by atoms with E-state index in [9.17, 15) is 14.4 Å². The zero-order valence-electron chi connectivity index (χ0n) is 23.2. The number of methoxy groups -OCH3 is 2. The number of rotatable bonds is 10. The molecule has 1 aromatic heterocycles. The van der Waals surface area contributed by atoms with Gasteiger partial charge in [0.25, 0.3) is 0 Å². The Morgan fingerprint density at radius 2 is 1.75 bits per heavy atom. The lowest BCUT2D eigenvalue weighted by atomic mass is 9.98. The first kappa shape index (κ1) is 28.3. The summed E-state index contributed by atoms with van der Waals surface area (Å²) in [6.45, 7) is 5.60. The SMILES string of the molecule is CCC(C)(C)NC(=O)[C@H](c1cccc(OC)c1)N(C(=O)Cn1nnc2ccccc21)c1cccc(C(=O)OC)c1. The van der Waals surface area contributed by atoms with Gasteiger partial charge in [-0.15, -0.1) is 5.10 Å². The fraction of sp³-hybridized carbons (Fsp3) is 0.300. The van der Waals surface area contributed by atoms with Crippen molar-refractivity contribution in [3.8, 4) is 5.75 Å². The molecule has 0 saturated carbocycles. The highest BCUT2D eigenvalue weighted by Crippen LogP contribution is 2.32. The molecule has 0 fully saturated rings. The highest BCUT2D eigenvalue weighted by molar-refractivity contribution is 6.02. The van der Waals surface area contributed by atoms with E-state index in [1.807, 2.05) is 39.0 Å². The molecule has 1 heterocycles. The Bertz CT molecular complexity index is 1530. The molecule has 2 amide bonds. The number of nitrogens with zero attached hydrogens (tertiary/aromatic N) is 4. The van der Waals surface area contributed by atoms with Crippen molar-refractivity contribution in [1.82, 2.24) is 20.3 Å². The number of anilines is 1. The lowest BCUT2D eigenvalue weighted by molar-refractivity contribution is -0.128. The van der Waals surface area contributed by atoms with E-state index in [2.05, 4.69) is 15.6 Å². The van der Waals surface area contributed by atoms with Crippen LogP contribution in [0.1, 0.15) is 49.2 Å². The minimum absolute atomic E-state index is 0.201. The molecule has 4 aromatic rings. The molecule has 0 unspecified atom stereocenters. The smallest absolute Gasteiger partial charge is 0.337 e. The van der Waals surface area contributed by atoms with Crippen LogP contribution in [0.2, 0.25) is 0 Å². The van der Waals surface area contributed by atoms with Crippen LogP contribution in [-0.4, -0.2) is 52.5 Å². The molecular formula is C30H33N5O5. The molecule has 40 heavy (non-hydrogen) atoms. The van der Waals surface area contributed by atoms with E-state index < -0.39 is 23.5 Å². The Kier molecular flexibility index (Phi) is 8.47. The van der Waals surface area contributed by atoms with Crippen LogP contribution < -0.4 is 15.0 Å². The number of para-hydroxylation sites is 1. The molecular weight excluding hydrogens is 510 g/mol. The maximum atomic E-state index is 14.2. The van der Waals surface area contributed by atoms with Gasteiger partial charge in [0.15, 0.2) is 0 Å². The monoisotopic (exact) mass is 543 g/mol.